The fourth-order valence-corrected chi connectivity index (χ4v) is 3.69. The third kappa shape index (κ3) is 6.28. The van der Waals surface area contributed by atoms with Gasteiger partial charge in [-0.15, -0.1) is 0 Å². The largest absolute Gasteiger partial charge is 0.409 e. The van der Waals surface area contributed by atoms with Crippen LogP contribution in [0.3, 0.4) is 0 Å². The molecular weight excluding hydrogens is 345 g/mol. The Morgan fingerprint density at radius 2 is 1.70 bits per heavy atom. The zero-order chi connectivity index (χ0) is 16.9. The van der Waals surface area contributed by atoms with Crippen molar-refractivity contribution in [2.24, 2.45) is 0 Å². The van der Waals surface area contributed by atoms with Crippen molar-refractivity contribution >= 4 is 31.5 Å². The molecule has 0 fully saturated rings. The van der Waals surface area contributed by atoms with Crippen LogP contribution in [0.4, 0.5) is 0 Å². The van der Waals surface area contributed by atoms with Crippen molar-refractivity contribution in [3.63, 3.8) is 0 Å². The summed E-state index contributed by atoms with van der Waals surface area (Å²) in [6.07, 6.45) is -0.0276. The van der Waals surface area contributed by atoms with Gasteiger partial charge in [-0.3, -0.25) is 0 Å². The average molecular weight is 368 g/mol. The Bertz CT molecular complexity index is 629. The van der Waals surface area contributed by atoms with E-state index in [0.29, 0.717) is 10.0 Å². The van der Waals surface area contributed by atoms with Gasteiger partial charge in [-0.25, -0.2) is 0 Å². The lowest BCUT2D eigenvalue weighted by molar-refractivity contribution is 0.193. The minimum Gasteiger partial charge on any atom is -0.409 e. The number of rotatable bonds is 7. The first-order chi connectivity index (χ1) is 10.8. The topological polar surface area (TPSA) is 21.3 Å². The summed E-state index contributed by atoms with van der Waals surface area (Å²) in [4.78, 5) is 0. The van der Waals surface area contributed by atoms with E-state index in [1.807, 2.05) is 36.4 Å². The molecule has 0 saturated heterocycles. The second-order valence-electron chi connectivity index (χ2n) is 6.51. The molecule has 5 heteroatoms. The van der Waals surface area contributed by atoms with Crippen LogP contribution in [-0.4, -0.2) is 14.9 Å². The first-order valence-corrected chi connectivity index (χ1v) is 11.9. The Morgan fingerprint density at radius 3 is 2.30 bits per heavy atom. The summed E-state index contributed by atoms with van der Waals surface area (Å²) < 4.78 is 6.33. The number of benzene rings is 2. The number of hydrogen-bond acceptors (Lipinski definition) is 2. The highest BCUT2D eigenvalue weighted by Crippen LogP contribution is 2.28. The molecule has 0 aromatic heterocycles. The normalized spacial score (nSPS) is 13.1. The molecule has 2 nitrogen and oxygen atoms in total. The Labute approximate surface area is 149 Å². The van der Waals surface area contributed by atoms with Gasteiger partial charge in [0, 0.05) is 13.1 Å². The van der Waals surface area contributed by atoms with Crippen LogP contribution in [0.15, 0.2) is 48.5 Å². The molecule has 0 heterocycles. The number of halogens is 2. The molecular formula is C18H23Cl2NOSi. The van der Waals surface area contributed by atoms with Crippen LogP contribution in [0.25, 0.3) is 0 Å². The highest BCUT2D eigenvalue weighted by atomic mass is 35.5. The summed E-state index contributed by atoms with van der Waals surface area (Å²) in [5.41, 5.74) is 2.32. The molecule has 23 heavy (non-hydrogen) atoms. The van der Waals surface area contributed by atoms with E-state index in [2.05, 4.69) is 37.1 Å². The van der Waals surface area contributed by atoms with Crippen LogP contribution in [0.5, 0.6) is 0 Å². The molecule has 2 rings (SSSR count). The molecule has 0 aliphatic carbocycles. The van der Waals surface area contributed by atoms with Crippen molar-refractivity contribution in [2.75, 3.05) is 6.54 Å². The molecule has 0 spiro atoms. The lowest BCUT2D eigenvalue weighted by Gasteiger charge is -2.27. The fourth-order valence-electron chi connectivity index (χ4n) is 2.31. The number of nitrogens with one attached hydrogen (secondary N) is 1. The predicted octanol–water partition coefficient (Wildman–Crippen LogP) is 5.68. The summed E-state index contributed by atoms with van der Waals surface area (Å²) in [6.45, 7) is 8.11. The minimum absolute atomic E-state index is 0.0276. The van der Waals surface area contributed by atoms with E-state index < -0.39 is 8.32 Å². The van der Waals surface area contributed by atoms with Crippen molar-refractivity contribution in [1.29, 1.82) is 0 Å². The van der Waals surface area contributed by atoms with Crippen molar-refractivity contribution in [3.8, 4) is 0 Å². The molecule has 0 saturated carbocycles. The molecule has 0 bridgehead atoms. The van der Waals surface area contributed by atoms with E-state index in [4.69, 9.17) is 27.6 Å². The van der Waals surface area contributed by atoms with Crippen molar-refractivity contribution in [1.82, 2.24) is 5.32 Å². The molecule has 124 valence electrons. The molecule has 0 amide bonds. The molecule has 0 aliphatic heterocycles. The fraction of sp³-hybridized carbons (Fsp3) is 0.333. The van der Waals surface area contributed by atoms with E-state index >= 15 is 0 Å². The first kappa shape index (κ1) is 18.5. The molecule has 2 aromatic rings. The van der Waals surface area contributed by atoms with Crippen LogP contribution in [0.2, 0.25) is 29.7 Å². The highest BCUT2D eigenvalue weighted by molar-refractivity contribution is 6.69. The SMILES string of the molecule is C[Si](C)(C)OC(CNCc1ccccc1)c1ccc(Cl)c(Cl)c1. The van der Waals surface area contributed by atoms with E-state index in [1.165, 1.54) is 5.56 Å². The smallest absolute Gasteiger partial charge is 0.184 e. The molecule has 1 N–H and O–H groups in total. The maximum absolute atomic E-state index is 6.33. The predicted molar refractivity (Wildman–Crippen MR) is 102 cm³/mol. The lowest BCUT2D eigenvalue weighted by Crippen LogP contribution is -2.33. The zero-order valence-corrected chi connectivity index (χ0v) is 16.3. The summed E-state index contributed by atoms with van der Waals surface area (Å²) >= 11 is 12.2. The van der Waals surface area contributed by atoms with Gasteiger partial charge in [-0.05, 0) is 42.9 Å². The lowest BCUT2D eigenvalue weighted by atomic mass is 10.1. The second-order valence-corrected chi connectivity index (χ2v) is 11.8. The van der Waals surface area contributed by atoms with Crippen LogP contribution < -0.4 is 5.32 Å². The number of hydrogen-bond donors (Lipinski definition) is 1. The van der Waals surface area contributed by atoms with Gasteiger partial charge in [-0.1, -0.05) is 59.6 Å². The molecule has 1 atom stereocenters. The van der Waals surface area contributed by atoms with Crippen LogP contribution in [0.1, 0.15) is 17.2 Å². The van der Waals surface area contributed by atoms with Crippen molar-refractivity contribution in [2.45, 2.75) is 32.3 Å². The van der Waals surface area contributed by atoms with Crippen molar-refractivity contribution < 1.29 is 4.43 Å². The minimum atomic E-state index is -1.68. The van der Waals surface area contributed by atoms with Gasteiger partial charge >= 0.3 is 0 Å². The van der Waals surface area contributed by atoms with Gasteiger partial charge in [0.2, 0.25) is 0 Å². The van der Waals surface area contributed by atoms with Crippen LogP contribution in [0, 0.1) is 0 Å². The Kier molecular flexibility index (Phi) is 6.68. The van der Waals surface area contributed by atoms with E-state index in [-0.39, 0.29) is 6.10 Å². The summed E-state index contributed by atoms with van der Waals surface area (Å²) in [5, 5.41) is 4.61. The Hall–Kier alpha value is -0.843. The van der Waals surface area contributed by atoms with Gasteiger partial charge in [0.25, 0.3) is 0 Å². The molecule has 0 radical (unpaired) electrons. The van der Waals surface area contributed by atoms with E-state index in [9.17, 15) is 0 Å². The standard InChI is InChI=1S/C18H23Cl2NOSi/c1-23(2,3)22-18(15-9-10-16(19)17(20)11-15)13-21-12-14-7-5-4-6-8-14/h4-11,18,21H,12-13H2,1-3H3. The summed E-state index contributed by atoms with van der Waals surface area (Å²) in [7, 11) is -1.68. The Balaban J connectivity index is 2.06. The summed E-state index contributed by atoms with van der Waals surface area (Å²) in [6, 6.07) is 16.1. The van der Waals surface area contributed by atoms with Gasteiger partial charge in [0.1, 0.15) is 0 Å². The van der Waals surface area contributed by atoms with Gasteiger partial charge in [0.05, 0.1) is 16.1 Å². The monoisotopic (exact) mass is 367 g/mol. The second kappa shape index (κ2) is 8.31. The van der Waals surface area contributed by atoms with E-state index in [0.717, 1.165) is 18.7 Å². The van der Waals surface area contributed by atoms with Crippen molar-refractivity contribution in [3.05, 3.63) is 69.7 Å². The molecule has 2 aromatic carbocycles. The average Bonchev–Trinajstić information content (AvgIpc) is 2.49. The first-order valence-electron chi connectivity index (χ1n) is 7.72. The quantitative estimate of drug-likeness (QED) is 0.635. The zero-order valence-electron chi connectivity index (χ0n) is 13.8. The van der Waals surface area contributed by atoms with Gasteiger partial charge in [0.15, 0.2) is 8.32 Å². The maximum Gasteiger partial charge on any atom is 0.184 e. The molecule has 1 unspecified atom stereocenters. The summed E-state index contributed by atoms with van der Waals surface area (Å²) in [5.74, 6) is 0. The highest BCUT2D eigenvalue weighted by Gasteiger charge is 2.22. The Morgan fingerprint density at radius 1 is 1.00 bits per heavy atom. The maximum atomic E-state index is 6.33. The van der Waals surface area contributed by atoms with Gasteiger partial charge in [-0.2, -0.15) is 0 Å². The molecule has 0 aliphatic rings. The van der Waals surface area contributed by atoms with Crippen LogP contribution in [-0.2, 0) is 11.0 Å². The van der Waals surface area contributed by atoms with Crippen LogP contribution >= 0.6 is 23.2 Å². The third-order valence-electron chi connectivity index (χ3n) is 3.31. The van der Waals surface area contributed by atoms with Gasteiger partial charge < -0.3 is 9.74 Å². The third-order valence-corrected chi connectivity index (χ3v) is 5.04. The van der Waals surface area contributed by atoms with E-state index in [1.54, 1.807) is 0 Å².